The summed E-state index contributed by atoms with van der Waals surface area (Å²) in [6.07, 6.45) is 0. The van der Waals surface area contributed by atoms with Gasteiger partial charge in [-0.2, -0.15) is 0 Å². The van der Waals surface area contributed by atoms with Crippen LogP contribution in [0, 0.1) is 13.8 Å². The molecule has 0 atom stereocenters. The smallest absolute Gasteiger partial charge is 0.160 e. The van der Waals surface area contributed by atoms with Crippen molar-refractivity contribution in [3.63, 3.8) is 0 Å². The number of rotatable bonds is 4. The van der Waals surface area contributed by atoms with Crippen LogP contribution in [0.5, 0.6) is 17.2 Å². The molecule has 20 heavy (non-hydrogen) atoms. The van der Waals surface area contributed by atoms with E-state index in [1.165, 1.54) is 7.11 Å². The molecular formula is C16H19NO3. The molecule has 0 bridgehead atoms. The SMILES string of the molecule is COc1cc(CNc2cc(C)c(O)cc2C)ccc1O. The second-order valence-electron chi connectivity index (χ2n) is 4.81. The Balaban J connectivity index is 2.14. The van der Waals surface area contributed by atoms with Crippen LogP contribution in [0.2, 0.25) is 0 Å². The molecule has 0 saturated carbocycles. The third-order valence-electron chi connectivity index (χ3n) is 3.27. The van der Waals surface area contributed by atoms with Crippen LogP contribution in [0.4, 0.5) is 5.69 Å². The number of anilines is 1. The van der Waals surface area contributed by atoms with E-state index >= 15 is 0 Å². The molecule has 4 nitrogen and oxygen atoms in total. The second kappa shape index (κ2) is 5.74. The molecule has 0 aliphatic heterocycles. The lowest BCUT2D eigenvalue weighted by Crippen LogP contribution is -2.01. The predicted molar refractivity (Wildman–Crippen MR) is 79.6 cm³/mol. The molecule has 0 unspecified atom stereocenters. The summed E-state index contributed by atoms with van der Waals surface area (Å²) in [5.74, 6) is 0.898. The number of phenolic OH excluding ortho intramolecular Hbond substituents is 2. The number of ether oxygens (including phenoxy) is 1. The number of aromatic hydroxyl groups is 2. The van der Waals surface area contributed by atoms with E-state index in [0.717, 1.165) is 22.4 Å². The second-order valence-corrected chi connectivity index (χ2v) is 4.81. The number of aryl methyl sites for hydroxylation is 2. The number of hydrogen-bond donors (Lipinski definition) is 3. The fourth-order valence-electron chi connectivity index (χ4n) is 2.02. The first kappa shape index (κ1) is 14.1. The van der Waals surface area contributed by atoms with E-state index in [0.29, 0.717) is 18.0 Å². The van der Waals surface area contributed by atoms with Gasteiger partial charge in [-0.25, -0.2) is 0 Å². The number of benzene rings is 2. The summed E-state index contributed by atoms with van der Waals surface area (Å²) < 4.78 is 5.09. The van der Waals surface area contributed by atoms with E-state index in [9.17, 15) is 10.2 Å². The third kappa shape index (κ3) is 2.96. The summed E-state index contributed by atoms with van der Waals surface area (Å²) in [5.41, 5.74) is 3.80. The number of nitrogens with one attached hydrogen (secondary N) is 1. The monoisotopic (exact) mass is 273 g/mol. The molecule has 2 aromatic rings. The number of phenols is 2. The van der Waals surface area contributed by atoms with Crippen LogP contribution < -0.4 is 10.1 Å². The van der Waals surface area contributed by atoms with Crippen LogP contribution in [-0.4, -0.2) is 17.3 Å². The molecule has 0 fully saturated rings. The summed E-state index contributed by atoms with van der Waals surface area (Å²) in [4.78, 5) is 0. The zero-order valence-corrected chi connectivity index (χ0v) is 11.9. The van der Waals surface area contributed by atoms with Crippen molar-refractivity contribution in [2.45, 2.75) is 20.4 Å². The highest BCUT2D eigenvalue weighted by atomic mass is 16.5. The van der Waals surface area contributed by atoms with Crippen molar-refractivity contribution in [2.24, 2.45) is 0 Å². The topological polar surface area (TPSA) is 61.7 Å². The van der Waals surface area contributed by atoms with E-state index in [1.54, 1.807) is 18.2 Å². The minimum atomic E-state index is 0.132. The largest absolute Gasteiger partial charge is 0.508 e. The summed E-state index contributed by atoms with van der Waals surface area (Å²) in [5, 5.41) is 22.5. The van der Waals surface area contributed by atoms with Gasteiger partial charge < -0.3 is 20.3 Å². The van der Waals surface area contributed by atoms with E-state index in [-0.39, 0.29) is 5.75 Å². The lowest BCUT2D eigenvalue weighted by atomic mass is 10.1. The molecule has 0 spiro atoms. The van der Waals surface area contributed by atoms with Gasteiger partial charge in [0.2, 0.25) is 0 Å². The molecule has 0 aliphatic rings. The van der Waals surface area contributed by atoms with Gasteiger partial charge in [-0.3, -0.25) is 0 Å². The summed E-state index contributed by atoms with van der Waals surface area (Å²) >= 11 is 0. The predicted octanol–water partition coefficient (Wildman–Crippen LogP) is 3.34. The summed E-state index contributed by atoms with van der Waals surface area (Å²) in [6, 6.07) is 8.92. The third-order valence-corrected chi connectivity index (χ3v) is 3.27. The van der Waals surface area contributed by atoms with E-state index in [4.69, 9.17) is 4.74 Å². The number of methoxy groups -OCH3 is 1. The Morgan fingerprint density at radius 3 is 2.45 bits per heavy atom. The van der Waals surface area contributed by atoms with Crippen LogP contribution in [0.1, 0.15) is 16.7 Å². The van der Waals surface area contributed by atoms with Gasteiger partial charge in [0.1, 0.15) is 5.75 Å². The van der Waals surface area contributed by atoms with Gasteiger partial charge in [0.25, 0.3) is 0 Å². The Bertz CT molecular complexity index is 623. The first-order chi connectivity index (χ1) is 9.51. The maximum absolute atomic E-state index is 9.64. The van der Waals surface area contributed by atoms with E-state index in [1.807, 2.05) is 26.0 Å². The van der Waals surface area contributed by atoms with Crippen molar-refractivity contribution < 1.29 is 14.9 Å². The molecule has 3 N–H and O–H groups in total. The molecular weight excluding hydrogens is 254 g/mol. The van der Waals surface area contributed by atoms with Gasteiger partial charge in [0.05, 0.1) is 7.11 Å². The van der Waals surface area contributed by atoms with Crippen molar-refractivity contribution in [2.75, 3.05) is 12.4 Å². The average Bonchev–Trinajstić information content (AvgIpc) is 2.43. The standard InChI is InChI=1S/C16H19NO3/c1-10-7-15(19)11(2)6-13(10)17-9-12-4-5-14(18)16(8-12)20-3/h4-8,17-19H,9H2,1-3H3. The molecule has 2 aromatic carbocycles. The Labute approximate surface area is 118 Å². The Kier molecular flexibility index (Phi) is 4.03. The zero-order chi connectivity index (χ0) is 14.7. The highest BCUT2D eigenvalue weighted by Crippen LogP contribution is 2.28. The maximum Gasteiger partial charge on any atom is 0.160 e. The Hall–Kier alpha value is -2.36. The van der Waals surface area contributed by atoms with E-state index in [2.05, 4.69) is 5.32 Å². The molecule has 2 rings (SSSR count). The van der Waals surface area contributed by atoms with Gasteiger partial charge in [-0.15, -0.1) is 0 Å². The molecule has 106 valence electrons. The van der Waals surface area contributed by atoms with Gasteiger partial charge >= 0.3 is 0 Å². The van der Waals surface area contributed by atoms with Crippen LogP contribution in [0.15, 0.2) is 30.3 Å². The summed E-state index contributed by atoms with van der Waals surface area (Å²) in [7, 11) is 1.53. The van der Waals surface area contributed by atoms with Gasteiger partial charge in [0, 0.05) is 12.2 Å². The van der Waals surface area contributed by atoms with Crippen LogP contribution >= 0.6 is 0 Å². The quantitative estimate of drug-likeness (QED) is 0.748. The highest BCUT2D eigenvalue weighted by molar-refractivity contribution is 5.57. The molecule has 0 radical (unpaired) electrons. The van der Waals surface area contributed by atoms with Gasteiger partial charge in [-0.1, -0.05) is 6.07 Å². The van der Waals surface area contributed by atoms with E-state index < -0.39 is 0 Å². The Morgan fingerprint density at radius 1 is 1.00 bits per heavy atom. The lowest BCUT2D eigenvalue weighted by Gasteiger charge is -2.12. The first-order valence-corrected chi connectivity index (χ1v) is 6.41. The lowest BCUT2D eigenvalue weighted by molar-refractivity contribution is 0.373. The van der Waals surface area contributed by atoms with Crippen molar-refractivity contribution in [1.82, 2.24) is 0 Å². The first-order valence-electron chi connectivity index (χ1n) is 6.41. The van der Waals surface area contributed by atoms with Crippen molar-refractivity contribution >= 4 is 5.69 Å². The minimum absolute atomic E-state index is 0.132. The molecule has 0 aromatic heterocycles. The fraction of sp³-hybridized carbons (Fsp3) is 0.250. The minimum Gasteiger partial charge on any atom is -0.508 e. The Morgan fingerprint density at radius 2 is 1.75 bits per heavy atom. The van der Waals surface area contributed by atoms with Crippen molar-refractivity contribution in [3.05, 3.63) is 47.0 Å². The maximum atomic E-state index is 9.64. The summed E-state index contributed by atoms with van der Waals surface area (Å²) in [6.45, 7) is 4.42. The molecule has 4 heteroatoms. The molecule has 0 heterocycles. The van der Waals surface area contributed by atoms with Crippen LogP contribution in [-0.2, 0) is 6.54 Å². The van der Waals surface area contributed by atoms with Crippen molar-refractivity contribution in [1.29, 1.82) is 0 Å². The fourth-order valence-corrected chi connectivity index (χ4v) is 2.02. The average molecular weight is 273 g/mol. The van der Waals surface area contributed by atoms with Crippen molar-refractivity contribution in [3.8, 4) is 17.2 Å². The van der Waals surface area contributed by atoms with Gasteiger partial charge in [0.15, 0.2) is 11.5 Å². The zero-order valence-electron chi connectivity index (χ0n) is 11.9. The highest BCUT2D eigenvalue weighted by Gasteiger charge is 2.05. The van der Waals surface area contributed by atoms with Crippen LogP contribution in [0.3, 0.4) is 0 Å². The molecule has 0 aliphatic carbocycles. The number of hydrogen-bond acceptors (Lipinski definition) is 4. The normalized spacial score (nSPS) is 10.3. The molecule has 0 amide bonds. The van der Waals surface area contributed by atoms with Gasteiger partial charge in [-0.05, 0) is 54.8 Å². The van der Waals surface area contributed by atoms with Crippen LogP contribution in [0.25, 0.3) is 0 Å². The molecule has 0 saturated heterocycles.